The van der Waals surface area contributed by atoms with Crippen molar-refractivity contribution in [2.45, 2.75) is 37.6 Å². The van der Waals surface area contributed by atoms with E-state index in [-0.39, 0.29) is 0 Å². The van der Waals surface area contributed by atoms with E-state index < -0.39 is 0 Å². The van der Waals surface area contributed by atoms with Gasteiger partial charge in [0.25, 0.3) is 0 Å². The van der Waals surface area contributed by atoms with E-state index in [1.165, 1.54) is 25.7 Å². The van der Waals surface area contributed by atoms with Gasteiger partial charge >= 0.3 is 0 Å². The Labute approximate surface area is 94.4 Å². The summed E-state index contributed by atoms with van der Waals surface area (Å²) in [4.78, 5) is 8.84. The zero-order valence-corrected chi connectivity index (χ0v) is 9.36. The van der Waals surface area contributed by atoms with Crippen LogP contribution in [0.1, 0.15) is 37.4 Å². The van der Waals surface area contributed by atoms with Crippen LogP contribution < -0.4 is 15.8 Å². The maximum Gasteiger partial charge on any atom is 0.242 e. The number of nitrogens with zero attached hydrogens (tertiary/aromatic N) is 2. The summed E-state index contributed by atoms with van der Waals surface area (Å²) in [5, 5.41) is 3.33. The lowest BCUT2D eigenvalue weighted by molar-refractivity contribution is 0.397. The first-order valence-electron chi connectivity index (χ1n) is 5.76. The lowest BCUT2D eigenvalue weighted by Crippen LogP contribution is -2.10. The summed E-state index contributed by atoms with van der Waals surface area (Å²) in [6, 6.07) is 0.536. The molecule has 5 nitrogen and oxygen atoms in total. The Morgan fingerprint density at radius 1 is 1.25 bits per heavy atom. The van der Waals surface area contributed by atoms with Gasteiger partial charge in [0.15, 0.2) is 5.82 Å². The van der Waals surface area contributed by atoms with Gasteiger partial charge in [-0.15, -0.1) is 0 Å². The molecule has 0 aliphatic heterocycles. The van der Waals surface area contributed by atoms with Crippen LogP contribution in [0.15, 0.2) is 0 Å². The molecule has 3 rings (SSSR count). The molecule has 0 radical (unpaired) electrons. The molecular formula is C11H16N4O. The first kappa shape index (κ1) is 9.69. The van der Waals surface area contributed by atoms with Crippen molar-refractivity contribution in [2.75, 3.05) is 18.2 Å². The number of rotatable bonds is 4. The van der Waals surface area contributed by atoms with Gasteiger partial charge in [-0.2, -0.15) is 4.98 Å². The smallest absolute Gasteiger partial charge is 0.242 e. The number of ether oxygens (including phenoxy) is 1. The fourth-order valence-corrected chi connectivity index (χ4v) is 1.68. The first-order chi connectivity index (χ1) is 7.78. The van der Waals surface area contributed by atoms with Crippen LogP contribution in [-0.4, -0.2) is 23.1 Å². The quantitative estimate of drug-likeness (QED) is 0.804. The molecule has 0 bridgehead atoms. The topological polar surface area (TPSA) is 73.1 Å². The second kappa shape index (κ2) is 3.50. The predicted molar refractivity (Wildman–Crippen MR) is 61.6 cm³/mol. The Balaban J connectivity index is 1.95. The summed E-state index contributed by atoms with van der Waals surface area (Å²) >= 11 is 0. The van der Waals surface area contributed by atoms with Gasteiger partial charge in [-0.3, -0.25) is 0 Å². The van der Waals surface area contributed by atoms with Crippen molar-refractivity contribution in [3.63, 3.8) is 0 Å². The zero-order chi connectivity index (χ0) is 11.1. The third-order valence-electron chi connectivity index (χ3n) is 2.98. The van der Waals surface area contributed by atoms with E-state index in [2.05, 4.69) is 15.3 Å². The van der Waals surface area contributed by atoms with Crippen LogP contribution in [0.4, 0.5) is 11.5 Å². The van der Waals surface area contributed by atoms with E-state index in [1.54, 1.807) is 7.11 Å². The first-order valence-corrected chi connectivity index (χ1v) is 5.76. The number of hydrogen-bond acceptors (Lipinski definition) is 5. The Kier molecular flexibility index (Phi) is 2.12. The summed E-state index contributed by atoms with van der Waals surface area (Å²) in [7, 11) is 1.59. The van der Waals surface area contributed by atoms with E-state index in [0.29, 0.717) is 23.5 Å². The van der Waals surface area contributed by atoms with Gasteiger partial charge in [-0.05, 0) is 25.7 Å². The average molecular weight is 220 g/mol. The number of aromatic nitrogens is 2. The van der Waals surface area contributed by atoms with Crippen molar-refractivity contribution in [1.82, 2.24) is 9.97 Å². The van der Waals surface area contributed by atoms with E-state index in [9.17, 15) is 0 Å². The van der Waals surface area contributed by atoms with Crippen LogP contribution in [0.2, 0.25) is 0 Å². The summed E-state index contributed by atoms with van der Waals surface area (Å²) < 4.78 is 5.19. The van der Waals surface area contributed by atoms with E-state index in [4.69, 9.17) is 10.5 Å². The highest BCUT2D eigenvalue weighted by molar-refractivity contribution is 5.67. The number of nitrogen functional groups attached to an aromatic ring is 1. The van der Waals surface area contributed by atoms with E-state index in [1.807, 2.05) is 0 Å². The normalized spacial score (nSPS) is 19.6. The van der Waals surface area contributed by atoms with E-state index >= 15 is 0 Å². The maximum atomic E-state index is 5.95. The van der Waals surface area contributed by atoms with Gasteiger partial charge in [0, 0.05) is 12.0 Å². The Bertz CT molecular complexity index is 413. The van der Waals surface area contributed by atoms with Gasteiger partial charge in [-0.25, -0.2) is 4.98 Å². The molecule has 2 fully saturated rings. The summed E-state index contributed by atoms with van der Waals surface area (Å²) in [5.41, 5.74) is 6.47. The molecule has 0 aromatic carbocycles. The second-order valence-corrected chi connectivity index (χ2v) is 4.55. The molecule has 1 heterocycles. The molecular weight excluding hydrogens is 204 g/mol. The molecule has 86 valence electrons. The standard InChI is InChI=1S/C11H16N4O/c1-16-11-8(12)10(13-7-4-5-7)14-9(15-11)6-2-3-6/h6-7H,2-5,12H2,1H3,(H,13,14,15). The minimum Gasteiger partial charge on any atom is -0.479 e. The van der Waals surface area contributed by atoms with Gasteiger partial charge in [0.05, 0.1) is 7.11 Å². The highest BCUT2D eigenvalue weighted by atomic mass is 16.5. The van der Waals surface area contributed by atoms with Crippen molar-refractivity contribution in [1.29, 1.82) is 0 Å². The largest absolute Gasteiger partial charge is 0.479 e. The molecule has 0 unspecified atom stereocenters. The molecule has 3 N–H and O–H groups in total. The molecule has 2 aliphatic carbocycles. The minimum atomic E-state index is 0.500. The van der Waals surface area contributed by atoms with Crippen molar-refractivity contribution < 1.29 is 4.74 Å². The molecule has 0 atom stereocenters. The number of hydrogen-bond donors (Lipinski definition) is 2. The van der Waals surface area contributed by atoms with Crippen LogP contribution in [0.25, 0.3) is 0 Å². The number of anilines is 2. The Morgan fingerprint density at radius 2 is 2.00 bits per heavy atom. The molecule has 1 aromatic heterocycles. The Hall–Kier alpha value is -1.52. The summed E-state index contributed by atoms with van der Waals surface area (Å²) in [6.07, 6.45) is 4.75. The zero-order valence-electron chi connectivity index (χ0n) is 9.36. The SMILES string of the molecule is COc1nc(C2CC2)nc(NC2CC2)c1N. The summed E-state index contributed by atoms with van der Waals surface area (Å²) in [5.74, 6) is 2.62. The number of methoxy groups -OCH3 is 1. The molecule has 2 aliphatic rings. The Morgan fingerprint density at radius 3 is 2.56 bits per heavy atom. The highest BCUT2D eigenvalue weighted by Gasteiger charge is 2.30. The molecule has 1 aromatic rings. The molecule has 0 spiro atoms. The number of nitrogens with two attached hydrogens (primary N) is 1. The van der Waals surface area contributed by atoms with Crippen LogP contribution >= 0.6 is 0 Å². The monoisotopic (exact) mass is 220 g/mol. The predicted octanol–water partition coefficient (Wildman–Crippen LogP) is 1.52. The van der Waals surface area contributed by atoms with Gasteiger partial charge in [0.2, 0.25) is 5.88 Å². The van der Waals surface area contributed by atoms with E-state index in [0.717, 1.165) is 11.6 Å². The molecule has 5 heteroatoms. The average Bonchev–Trinajstić information content (AvgIpc) is 3.14. The lowest BCUT2D eigenvalue weighted by Gasteiger charge is -2.11. The van der Waals surface area contributed by atoms with Crippen molar-refractivity contribution in [3.05, 3.63) is 5.82 Å². The van der Waals surface area contributed by atoms with Crippen LogP contribution in [0.3, 0.4) is 0 Å². The highest BCUT2D eigenvalue weighted by Crippen LogP contribution is 2.41. The molecule has 0 amide bonds. The minimum absolute atomic E-state index is 0.500. The van der Waals surface area contributed by atoms with Crippen molar-refractivity contribution >= 4 is 11.5 Å². The lowest BCUT2D eigenvalue weighted by atomic mass is 10.3. The van der Waals surface area contributed by atoms with Crippen LogP contribution in [0, 0.1) is 0 Å². The number of nitrogens with one attached hydrogen (secondary N) is 1. The van der Waals surface area contributed by atoms with Gasteiger partial charge in [-0.1, -0.05) is 0 Å². The van der Waals surface area contributed by atoms with Gasteiger partial charge < -0.3 is 15.8 Å². The molecule has 16 heavy (non-hydrogen) atoms. The van der Waals surface area contributed by atoms with Crippen LogP contribution in [0.5, 0.6) is 5.88 Å². The van der Waals surface area contributed by atoms with Gasteiger partial charge in [0.1, 0.15) is 11.5 Å². The third-order valence-corrected chi connectivity index (χ3v) is 2.98. The third kappa shape index (κ3) is 1.77. The van der Waals surface area contributed by atoms with Crippen LogP contribution in [-0.2, 0) is 0 Å². The second-order valence-electron chi connectivity index (χ2n) is 4.55. The fraction of sp³-hybridized carbons (Fsp3) is 0.636. The molecule has 2 saturated carbocycles. The maximum absolute atomic E-state index is 5.95. The van der Waals surface area contributed by atoms with Crippen molar-refractivity contribution in [2.24, 2.45) is 0 Å². The van der Waals surface area contributed by atoms with Crippen molar-refractivity contribution in [3.8, 4) is 5.88 Å². The molecule has 0 saturated heterocycles. The summed E-state index contributed by atoms with van der Waals surface area (Å²) in [6.45, 7) is 0. The fourth-order valence-electron chi connectivity index (χ4n) is 1.68.